The molecule has 2 N–H and O–H groups in total. The molecule has 0 aromatic heterocycles. The number of benzene rings is 2. The van der Waals surface area contributed by atoms with E-state index >= 15 is 0 Å². The Labute approximate surface area is 144 Å². The molecule has 25 heavy (non-hydrogen) atoms. The molecule has 0 aliphatic rings. The van der Waals surface area contributed by atoms with Crippen molar-refractivity contribution in [1.29, 1.82) is 0 Å². The summed E-state index contributed by atoms with van der Waals surface area (Å²) in [4.78, 5) is 22.3. The normalized spacial score (nSPS) is 13.1. The minimum absolute atomic E-state index is 0.0157. The quantitative estimate of drug-likeness (QED) is 0.595. The van der Waals surface area contributed by atoms with E-state index in [2.05, 4.69) is 5.32 Å². The van der Waals surface area contributed by atoms with E-state index in [9.17, 15) is 24.4 Å². The fraction of sp³-hybridized carbons (Fsp3) is 0.278. The van der Waals surface area contributed by atoms with Crippen LogP contribution < -0.4 is 5.32 Å². The van der Waals surface area contributed by atoms with E-state index in [1.807, 2.05) is 0 Å². The van der Waals surface area contributed by atoms with Gasteiger partial charge in [0.05, 0.1) is 17.1 Å². The first-order valence-corrected chi connectivity index (χ1v) is 7.83. The summed E-state index contributed by atoms with van der Waals surface area (Å²) >= 11 is 0. The fourth-order valence-corrected chi connectivity index (χ4v) is 2.44. The average Bonchev–Trinajstić information content (AvgIpc) is 2.60. The van der Waals surface area contributed by atoms with Gasteiger partial charge in [-0.3, -0.25) is 14.9 Å². The van der Waals surface area contributed by atoms with Crippen LogP contribution in [0, 0.1) is 15.9 Å². The zero-order chi connectivity index (χ0) is 18.4. The maximum Gasteiger partial charge on any atom is 0.269 e. The highest BCUT2D eigenvalue weighted by atomic mass is 19.1. The predicted octanol–water partition coefficient (Wildman–Crippen LogP) is 2.90. The standard InChI is InChI=1S/C18H19FN2O4/c1-12(18(23)14-6-8-15(19)9-7-14)20-17(22)10-5-13-3-2-4-16(11-13)21(24)25/h2-4,6-9,11-12,18,23H,5,10H2,1H3,(H,20,22). The highest BCUT2D eigenvalue weighted by Gasteiger charge is 2.18. The van der Waals surface area contributed by atoms with Crippen LogP contribution in [0.1, 0.15) is 30.6 Å². The molecule has 1 amide bonds. The summed E-state index contributed by atoms with van der Waals surface area (Å²) in [5.41, 5.74) is 1.18. The van der Waals surface area contributed by atoms with E-state index in [4.69, 9.17) is 0 Å². The monoisotopic (exact) mass is 346 g/mol. The van der Waals surface area contributed by atoms with Gasteiger partial charge in [-0.1, -0.05) is 24.3 Å². The Morgan fingerprint density at radius 3 is 2.60 bits per heavy atom. The number of nitrogens with zero attached hydrogens (tertiary/aromatic N) is 1. The van der Waals surface area contributed by atoms with Gasteiger partial charge in [0.15, 0.2) is 0 Å². The van der Waals surface area contributed by atoms with E-state index in [-0.39, 0.29) is 18.0 Å². The van der Waals surface area contributed by atoms with Crippen molar-refractivity contribution in [2.45, 2.75) is 31.9 Å². The first-order valence-electron chi connectivity index (χ1n) is 7.83. The van der Waals surface area contributed by atoms with Crippen LogP contribution >= 0.6 is 0 Å². The van der Waals surface area contributed by atoms with E-state index in [0.29, 0.717) is 17.5 Å². The molecule has 2 aromatic carbocycles. The minimum Gasteiger partial charge on any atom is -0.386 e. The second-order valence-electron chi connectivity index (χ2n) is 5.78. The lowest BCUT2D eigenvalue weighted by Gasteiger charge is -2.20. The Bertz CT molecular complexity index is 749. The Hall–Kier alpha value is -2.80. The SMILES string of the molecule is CC(NC(=O)CCc1cccc([N+](=O)[O-])c1)C(O)c1ccc(F)cc1. The van der Waals surface area contributed by atoms with Crippen molar-refractivity contribution in [2.75, 3.05) is 0 Å². The summed E-state index contributed by atoms with van der Waals surface area (Å²) in [5.74, 6) is -0.676. The molecule has 132 valence electrons. The zero-order valence-corrected chi connectivity index (χ0v) is 13.7. The molecular formula is C18H19FN2O4. The van der Waals surface area contributed by atoms with Crippen LogP contribution in [-0.2, 0) is 11.2 Å². The molecule has 0 heterocycles. The fourth-order valence-electron chi connectivity index (χ4n) is 2.44. The number of rotatable bonds is 7. The van der Waals surface area contributed by atoms with Gasteiger partial charge in [0.25, 0.3) is 5.69 Å². The smallest absolute Gasteiger partial charge is 0.269 e. The summed E-state index contributed by atoms with van der Waals surface area (Å²) in [6, 6.07) is 11.0. The Balaban J connectivity index is 1.88. The number of carbonyl (C=O) groups is 1. The Kier molecular flexibility index (Phi) is 6.19. The molecular weight excluding hydrogens is 327 g/mol. The third kappa shape index (κ3) is 5.36. The predicted molar refractivity (Wildman–Crippen MR) is 90.4 cm³/mol. The molecule has 0 saturated heterocycles. The number of hydrogen-bond donors (Lipinski definition) is 2. The number of aliphatic hydroxyl groups is 1. The number of hydrogen-bond acceptors (Lipinski definition) is 4. The topological polar surface area (TPSA) is 92.5 Å². The van der Waals surface area contributed by atoms with Gasteiger partial charge in [0, 0.05) is 18.6 Å². The van der Waals surface area contributed by atoms with E-state index in [1.54, 1.807) is 19.1 Å². The second-order valence-corrected chi connectivity index (χ2v) is 5.78. The van der Waals surface area contributed by atoms with Gasteiger partial charge < -0.3 is 10.4 Å². The zero-order valence-electron chi connectivity index (χ0n) is 13.7. The number of nitro groups is 1. The Morgan fingerprint density at radius 1 is 1.28 bits per heavy atom. The average molecular weight is 346 g/mol. The number of nitrogens with one attached hydrogen (secondary N) is 1. The van der Waals surface area contributed by atoms with Gasteiger partial charge in [0.2, 0.25) is 5.91 Å². The van der Waals surface area contributed by atoms with Crippen molar-refractivity contribution in [3.05, 3.63) is 75.6 Å². The van der Waals surface area contributed by atoms with Gasteiger partial charge in [-0.25, -0.2) is 4.39 Å². The third-order valence-corrected chi connectivity index (χ3v) is 3.84. The molecule has 0 bridgehead atoms. The van der Waals surface area contributed by atoms with Crippen LogP contribution in [0.15, 0.2) is 48.5 Å². The van der Waals surface area contributed by atoms with Crippen molar-refractivity contribution in [1.82, 2.24) is 5.32 Å². The third-order valence-electron chi connectivity index (χ3n) is 3.84. The van der Waals surface area contributed by atoms with Crippen LogP contribution in [0.25, 0.3) is 0 Å². The van der Waals surface area contributed by atoms with E-state index in [0.717, 1.165) is 0 Å². The van der Waals surface area contributed by atoms with Crippen molar-refractivity contribution < 1.29 is 19.2 Å². The summed E-state index contributed by atoms with van der Waals surface area (Å²) in [7, 11) is 0. The van der Waals surface area contributed by atoms with Crippen molar-refractivity contribution in [3.8, 4) is 0 Å². The van der Waals surface area contributed by atoms with Crippen LogP contribution in [0.4, 0.5) is 10.1 Å². The molecule has 0 fully saturated rings. The maximum atomic E-state index is 12.9. The number of halogens is 1. The summed E-state index contributed by atoms with van der Waals surface area (Å²) in [5, 5.41) is 23.6. The summed E-state index contributed by atoms with van der Waals surface area (Å²) in [6.07, 6.45) is -0.462. The number of carbonyl (C=O) groups excluding carboxylic acids is 1. The number of nitro benzene ring substituents is 1. The van der Waals surface area contributed by atoms with Crippen LogP contribution in [-0.4, -0.2) is 22.0 Å². The molecule has 7 heteroatoms. The summed E-state index contributed by atoms with van der Waals surface area (Å²) < 4.78 is 12.9. The van der Waals surface area contributed by atoms with Crippen LogP contribution in [0.3, 0.4) is 0 Å². The van der Waals surface area contributed by atoms with Crippen LogP contribution in [0.2, 0.25) is 0 Å². The molecule has 2 aromatic rings. The number of aryl methyl sites for hydroxylation is 1. The molecule has 2 rings (SSSR count). The van der Waals surface area contributed by atoms with Crippen LogP contribution in [0.5, 0.6) is 0 Å². The van der Waals surface area contributed by atoms with E-state index in [1.165, 1.54) is 36.4 Å². The first kappa shape index (κ1) is 18.5. The van der Waals surface area contributed by atoms with E-state index < -0.39 is 22.9 Å². The highest BCUT2D eigenvalue weighted by Crippen LogP contribution is 2.18. The van der Waals surface area contributed by atoms with Gasteiger partial charge in [-0.15, -0.1) is 0 Å². The molecule has 0 radical (unpaired) electrons. The van der Waals surface area contributed by atoms with Gasteiger partial charge in [-0.05, 0) is 36.6 Å². The molecule has 0 spiro atoms. The van der Waals surface area contributed by atoms with Crippen molar-refractivity contribution in [3.63, 3.8) is 0 Å². The molecule has 2 unspecified atom stereocenters. The first-order chi connectivity index (χ1) is 11.9. The van der Waals surface area contributed by atoms with Gasteiger partial charge >= 0.3 is 0 Å². The lowest BCUT2D eigenvalue weighted by Crippen LogP contribution is -2.37. The Morgan fingerprint density at radius 2 is 1.96 bits per heavy atom. The van der Waals surface area contributed by atoms with Crippen molar-refractivity contribution >= 4 is 11.6 Å². The minimum atomic E-state index is -0.956. The molecule has 6 nitrogen and oxygen atoms in total. The highest BCUT2D eigenvalue weighted by molar-refractivity contribution is 5.76. The summed E-state index contributed by atoms with van der Waals surface area (Å²) in [6.45, 7) is 1.65. The molecule has 0 saturated carbocycles. The lowest BCUT2D eigenvalue weighted by molar-refractivity contribution is -0.384. The maximum absolute atomic E-state index is 12.9. The molecule has 2 atom stereocenters. The molecule has 0 aliphatic heterocycles. The van der Waals surface area contributed by atoms with Gasteiger partial charge in [0.1, 0.15) is 5.82 Å². The number of non-ortho nitro benzene ring substituents is 1. The second kappa shape index (κ2) is 8.34. The number of aliphatic hydroxyl groups excluding tert-OH is 1. The van der Waals surface area contributed by atoms with Gasteiger partial charge in [-0.2, -0.15) is 0 Å². The largest absolute Gasteiger partial charge is 0.386 e. The number of amides is 1. The molecule has 0 aliphatic carbocycles. The lowest BCUT2D eigenvalue weighted by atomic mass is 10.0. The van der Waals surface area contributed by atoms with Crippen molar-refractivity contribution in [2.24, 2.45) is 0 Å².